The highest BCUT2D eigenvalue weighted by Crippen LogP contribution is 2.33. The number of nitrogens with two attached hydrogens (primary N) is 1. The van der Waals surface area contributed by atoms with Crippen LogP contribution < -0.4 is 16.4 Å². The summed E-state index contributed by atoms with van der Waals surface area (Å²) in [6, 6.07) is 1.84. The molecule has 166 valence electrons. The summed E-state index contributed by atoms with van der Waals surface area (Å²) >= 11 is 0. The molecule has 2 atom stereocenters. The van der Waals surface area contributed by atoms with Crippen LogP contribution in [-0.4, -0.2) is 59.7 Å². The third-order valence-electron chi connectivity index (χ3n) is 5.20. The van der Waals surface area contributed by atoms with E-state index in [4.69, 9.17) is 5.73 Å². The SMILES string of the molecule is Nc1ncnc2c1ncn2[C@H]1CN[C@@H](/C=C/CNC(=O)c2cc([N+](=O)[O-])cc(O)c2O)C1. The molecule has 32 heavy (non-hydrogen) atoms. The number of anilines is 1. The molecule has 3 aromatic rings. The van der Waals surface area contributed by atoms with Crippen LogP contribution in [0, 0.1) is 10.1 Å². The molecule has 2 aromatic heterocycles. The van der Waals surface area contributed by atoms with Crippen LogP contribution in [0.4, 0.5) is 11.5 Å². The van der Waals surface area contributed by atoms with Crippen LogP contribution in [0.5, 0.6) is 11.5 Å². The van der Waals surface area contributed by atoms with Gasteiger partial charge < -0.3 is 31.1 Å². The minimum absolute atomic E-state index is 0.0452. The number of phenols is 2. The Morgan fingerprint density at radius 2 is 2.19 bits per heavy atom. The minimum Gasteiger partial charge on any atom is -0.504 e. The van der Waals surface area contributed by atoms with E-state index in [0.717, 1.165) is 18.6 Å². The van der Waals surface area contributed by atoms with E-state index in [-0.39, 0.29) is 24.2 Å². The Labute approximate surface area is 180 Å². The molecule has 0 bridgehead atoms. The van der Waals surface area contributed by atoms with Crippen LogP contribution in [0.25, 0.3) is 11.2 Å². The maximum Gasteiger partial charge on any atom is 0.274 e. The van der Waals surface area contributed by atoms with Gasteiger partial charge in [0.1, 0.15) is 11.8 Å². The van der Waals surface area contributed by atoms with Crippen molar-refractivity contribution in [2.24, 2.45) is 0 Å². The lowest BCUT2D eigenvalue weighted by Crippen LogP contribution is -2.24. The number of benzene rings is 1. The average molecular weight is 440 g/mol. The number of hydrogen-bond acceptors (Lipinski definition) is 10. The molecule has 13 nitrogen and oxygen atoms in total. The van der Waals surface area contributed by atoms with E-state index >= 15 is 0 Å². The number of rotatable bonds is 6. The molecule has 3 heterocycles. The molecule has 1 aliphatic rings. The summed E-state index contributed by atoms with van der Waals surface area (Å²) in [5.41, 5.74) is 6.18. The first-order valence-corrected chi connectivity index (χ1v) is 9.66. The molecule has 1 aliphatic heterocycles. The predicted octanol–water partition coefficient (Wildman–Crippen LogP) is 0.617. The molecular formula is C19H20N8O5. The average Bonchev–Trinajstić information content (AvgIpc) is 3.40. The predicted molar refractivity (Wildman–Crippen MR) is 113 cm³/mol. The van der Waals surface area contributed by atoms with E-state index in [9.17, 15) is 25.1 Å². The summed E-state index contributed by atoms with van der Waals surface area (Å²) in [5.74, 6) is -1.87. The Hall–Kier alpha value is -4.26. The number of carbonyl (C=O) groups is 1. The van der Waals surface area contributed by atoms with Crippen molar-refractivity contribution in [3.8, 4) is 11.5 Å². The van der Waals surface area contributed by atoms with Crippen LogP contribution in [-0.2, 0) is 0 Å². The molecule has 1 amide bonds. The second-order valence-electron chi connectivity index (χ2n) is 7.24. The fourth-order valence-electron chi connectivity index (χ4n) is 3.60. The molecule has 1 saturated heterocycles. The van der Waals surface area contributed by atoms with E-state index in [1.807, 2.05) is 10.6 Å². The number of carbonyl (C=O) groups excluding carboxylic acids is 1. The monoisotopic (exact) mass is 440 g/mol. The number of imidazole rings is 1. The minimum atomic E-state index is -0.762. The van der Waals surface area contributed by atoms with Gasteiger partial charge >= 0.3 is 0 Å². The third-order valence-corrected chi connectivity index (χ3v) is 5.20. The smallest absolute Gasteiger partial charge is 0.274 e. The van der Waals surface area contributed by atoms with Crippen LogP contribution >= 0.6 is 0 Å². The Kier molecular flexibility index (Phi) is 5.55. The van der Waals surface area contributed by atoms with Gasteiger partial charge in [-0.1, -0.05) is 12.2 Å². The zero-order valence-corrected chi connectivity index (χ0v) is 16.7. The summed E-state index contributed by atoms with van der Waals surface area (Å²) < 4.78 is 1.95. The summed E-state index contributed by atoms with van der Waals surface area (Å²) in [7, 11) is 0. The van der Waals surface area contributed by atoms with Crippen molar-refractivity contribution in [3.63, 3.8) is 0 Å². The first kappa shape index (κ1) is 21.0. The van der Waals surface area contributed by atoms with Gasteiger partial charge in [0, 0.05) is 25.2 Å². The summed E-state index contributed by atoms with van der Waals surface area (Å²) in [6.45, 7) is 0.819. The number of aromatic nitrogens is 4. The van der Waals surface area contributed by atoms with Crippen molar-refractivity contribution in [1.29, 1.82) is 0 Å². The van der Waals surface area contributed by atoms with Crippen molar-refractivity contribution in [2.75, 3.05) is 18.8 Å². The zero-order chi connectivity index (χ0) is 22.8. The van der Waals surface area contributed by atoms with E-state index in [2.05, 4.69) is 25.6 Å². The van der Waals surface area contributed by atoms with Gasteiger partial charge in [0.15, 0.2) is 23.0 Å². The lowest BCUT2D eigenvalue weighted by Gasteiger charge is -2.11. The Balaban J connectivity index is 1.35. The van der Waals surface area contributed by atoms with Crippen LogP contribution in [0.2, 0.25) is 0 Å². The van der Waals surface area contributed by atoms with Gasteiger partial charge in [-0.05, 0) is 6.42 Å². The summed E-state index contributed by atoms with van der Waals surface area (Å²) in [5, 5.41) is 36.2. The molecule has 0 radical (unpaired) electrons. The maximum atomic E-state index is 12.3. The highest BCUT2D eigenvalue weighted by Gasteiger charge is 2.26. The number of phenolic OH excluding ortho intramolecular Hbond substituents is 2. The van der Waals surface area contributed by atoms with Crippen LogP contribution in [0.1, 0.15) is 22.8 Å². The quantitative estimate of drug-likeness (QED) is 0.157. The second kappa shape index (κ2) is 8.47. The molecule has 13 heteroatoms. The molecule has 1 aromatic carbocycles. The summed E-state index contributed by atoms with van der Waals surface area (Å²) in [6.07, 6.45) is 7.48. The number of fused-ring (bicyclic) bond motifs is 1. The van der Waals surface area contributed by atoms with Crippen molar-refractivity contribution < 1.29 is 19.9 Å². The van der Waals surface area contributed by atoms with Crippen molar-refractivity contribution in [1.82, 2.24) is 30.2 Å². The number of non-ortho nitro benzene ring substituents is 1. The van der Waals surface area contributed by atoms with Gasteiger partial charge in [-0.15, -0.1) is 0 Å². The number of nitrogens with zero attached hydrogens (tertiary/aromatic N) is 5. The number of nitro benzene ring substituents is 1. The number of nitrogen functional groups attached to an aromatic ring is 1. The molecule has 4 rings (SSSR count). The van der Waals surface area contributed by atoms with Gasteiger partial charge in [-0.25, -0.2) is 15.0 Å². The molecule has 1 fully saturated rings. The Morgan fingerprint density at radius 3 is 2.97 bits per heavy atom. The number of amides is 1. The molecule has 0 unspecified atom stereocenters. The number of nitrogens with one attached hydrogen (secondary N) is 2. The number of nitro groups is 1. The van der Waals surface area contributed by atoms with Crippen molar-refractivity contribution >= 4 is 28.6 Å². The van der Waals surface area contributed by atoms with Gasteiger partial charge in [0.25, 0.3) is 11.6 Å². The molecule has 0 spiro atoms. The van der Waals surface area contributed by atoms with E-state index < -0.39 is 28.0 Å². The lowest BCUT2D eigenvalue weighted by molar-refractivity contribution is -0.385. The number of hydrogen-bond donors (Lipinski definition) is 5. The van der Waals surface area contributed by atoms with Crippen LogP contribution in [0.15, 0.2) is 36.9 Å². The first-order valence-electron chi connectivity index (χ1n) is 9.66. The highest BCUT2D eigenvalue weighted by atomic mass is 16.6. The van der Waals surface area contributed by atoms with Gasteiger partial charge in [-0.3, -0.25) is 14.9 Å². The Morgan fingerprint density at radius 1 is 1.38 bits per heavy atom. The topological polar surface area (TPSA) is 194 Å². The fourth-order valence-corrected chi connectivity index (χ4v) is 3.60. The molecule has 0 saturated carbocycles. The third kappa shape index (κ3) is 4.00. The van der Waals surface area contributed by atoms with Crippen LogP contribution in [0.3, 0.4) is 0 Å². The van der Waals surface area contributed by atoms with E-state index in [1.165, 1.54) is 6.33 Å². The Bertz CT molecular complexity index is 1220. The normalized spacial score (nSPS) is 18.4. The van der Waals surface area contributed by atoms with Crippen molar-refractivity contribution in [2.45, 2.75) is 18.5 Å². The standard InChI is InChI=1S/C19H20N8O5/c20-17-15-18(24-8-23-17)26(9-25-15)12-4-10(22-7-12)2-1-3-21-19(30)13-5-11(27(31)32)6-14(28)16(13)29/h1-2,5-6,8-10,12,22,28-29H,3-4,7H2,(H,21,30)(H2,20,23,24)/b2-1+/t10-,12+/m0/s1. The fraction of sp³-hybridized carbons (Fsp3) is 0.263. The first-order chi connectivity index (χ1) is 15.3. The maximum absolute atomic E-state index is 12.3. The zero-order valence-electron chi connectivity index (χ0n) is 16.7. The van der Waals surface area contributed by atoms with Gasteiger partial charge in [-0.2, -0.15) is 0 Å². The molecule has 6 N–H and O–H groups in total. The molecule has 0 aliphatic carbocycles. The highest BCUT2D eigenvalue weighted by molar-refractivity contribution is 5.98. The molecular weight excluding hydrogens is 420 g/mol. The number of aromatic hydroxyl groups is 2. The lowest BCUT2D eigenvalue weighted by atomic mass is 10.1. The van der Waals surface area contributed by atoms with E-state index in [0.29, 0.717) is 23.5 Å². The largest absolute Gasteiger partial charge is 0.504 e. The van der Waals surface area contributed by atoms with Gasteiger partial charge in [0.2, 0.25) is 0 Å². The van der Waals surface area contributed by atoms with E-state index in [1.54, 1.807) is 12.4 Å². The van der Waals surface area contributed by atoms with Gasteiger partial charge in [0.05, 0.1) is 28.9 Å². The summed E-state index contributed by atoms with van der Waals surface area (Å²) in [4.78, 5) is 34.9. The van der Waals surface area contributed by atoms with Crippen molar-refractivity contribution in [3.05, 3.63) is 52.6 Å². The second-order valence-corrected chi connectivity index (χ2v) is 7.24.